The van der Waals surface area contributed by atoms with E-state index in [1.165, 1.54) is 0 Å². The van der Waals surface area contributed by atoms with Crippen LogP contribution in [0.15, 0.2) is 42.5 Å². The first kappa shape index (κ1) is 19.6. The molecule has 1 N–H and O–H groups in total. The molecule has 0 saturated carbocycles. The molecule has 0 spiro atoms. The van der Waals surface area contributed by atoms with Crippen LogP contribution >= 0.6 is 0 Å². The lowest BCUT2D eigenvalue weighted by Crippen LogP contribution is -2.29. The van der Waals surface area contributed by atoms with Crippen molar-refractivity contribution in [1.29, 1.82) is 0 Å². The van der Waals surface area contributed by atoms with Crippen LogP contribution in [-0.4, -0.2) is 31.4 Å². The predicted molar refractivity (Wildman–Crippen MR) is 100 cm³/mol. The summed E-state index contributed by atoms with van der Waals surface area (Å²) in [5.41, 5.74) is 1.93. The lowest BCUT2D eigenvalue weighted by atomic mass is 9.87. The van der Waals surface area contributed by atoms with E-state index in [1.807, 2.05) is 24.3 Å². The van der Waals surface area contributed by atoms with Gasteiger partial charge in [0.15, 0.2) is 6.10 Å². The van der Waals surface area contributed by atoms with Crippen LogP contribution in [0.4, 0.5) is 0 Å². The van der Waals surface area contributed by atoms with Crippen LogP contribution in [0.5, 0.6) is 17.2 Å². The van der Waals surface area contributed by atoms with Crippen LogP contribution in [0.25, 0.3) is 0 Å². The summed E-state index contributed by atoms with van der Waals surface area (Å²) < 4.78 is 16.2. The highest BCUT2D eigenvalue weighted by atomic mass is 16.5. The number of hydrogen-bond donors (Lipinski definition) is 1. The zero-order valence-corrected chi connectivity index (χ0v) is 15.9. The standard InChI is InChI=1S/C21H26O5/c1-21(2,3)15-7-10-16(11-8-15)26-19(20(22)23)12-14-6-9-17(24-4)13-18(14)25-5/h6-11,13,19H,12H2,1-5H3,(H,22,23)/t19-/m1/s1. The van der Waals surface area contributed by atoms with E-state index < -0.39 is 12.1 Å². The van der Waals surface area contributed by atoms with Crippen molar-refractivity contribution in [2.75, 3.05) is 14.2 Å². The molecular formula is C21H26O5. The highest BCUT2D eigenvalue weighted by Crippen LogP contribution is 2.28. The van der Waals surface area contributed by atoms with E-state index in [0.717, 1.165) is 11.1 Å². The number of carboxylic acid groups (broad SMARTS) is 1. The van der Waals surface area contributed by atoms with E-state index in [9.17, 15) is 9.90 Å². The Morgan fingerprint density at radius 3 is 2.12 bits per heavy atom. The molecule has 0 fully saturated rings. The summed E-state index contributed by atoms with van der Waals surface area (Å²) in [6.07, 6.45) is -0.832. The van der Waals surface area contributed by atoms with Gasteiger partial charge < -0.3 is 19.3 Å². The third-order valence-electron chi connectivity index (χ3n) is 4.17. The van der Waals surface area contributed by atoms with Gasteiger partial charge in [-0.15, -0.1) is 0 Å². The van der Waals surface area contributed by atoms with Crippen molar-refractivity contribution < 1.29 is 24.1 Å². The molecule has 0 bridgehead atoms. The third-order valence-corrected chi connectivity index (χ3v) is 4.17. The van der Waals surface area contributed by atoms with Gasteiger partial charge in [0.05, 0.1) is 14.2 Å². The number of rotatable bonds is 7. The molecule has 2 aromatic rings. The number of methoxy groups -OCH3 is 2. The van der Waals surface area contributed by atoms with Gasteiger partial charge in [-0.2, -0.15) is 0 Å². The second-order valence-corrected chi connectivity index (χ2v) is 7.10. The average Bonchev–Trinajstić information content (AvgIpc) is 2.61. The Morgan fingerprint density at radius 2 is 1.62 bits per heavy atom. The summed E-state index contributed by atoms with van der Waals surface area (Å²) in [7, 11) is 3.11. The Hall–Kier alpha value is -2.69. The molecule has 5 heteroatoms. The van der Waals surface area contributed by atoms with Gasteiger partial charge in [-0.3, -0.25) is 0 Å². The zero-order valence-electron chi connectivity index (χ0n) is 15.9. The number of carbonyl (C=O) groups is 1. The smallest absolute Gasteiger partial charge is 0.345 e. The Labute approximate surface area is 154 Å². The molecule has 0 aromatic heterocycles. The lowest BCUT2D eigenvalue weighted by Gasteiger charge is -2.20. The molecular weight excluding hydrogens is 332 g/mol. The number of benzene rings is 2. The van der Waals surface area contributed by atoms with E-state index >= 15 is 0 Å². The number of carboxylic acids is 1. The van der Waals surface area contributed by atoms with Crippen molar-refractivity contribution in [3.05, 3.63) is 53.6 Å². The normalized spacial score (nSPS) is 12.3. The maximum Gasteiger partial charge on any atom is 0.345 e. The molecule has 2 aromatic carbocycles. The summed E-state index contributed by atoms with van der Waals surface area (Å²) in [6.45, 7) is 6.37. The molecule has 0 radical (unpaired) electrons. The second-order valence-electron chi connectivity index (χ2n) is 7.10. The first-order valence-electron chi connectivity index (χ1n) is 8.45. The van der Waals surface area contributed by atoms with Crippen molar-refractivity contribution in [3.8, 4) is 17.2 Å². The summed E-state index contributed by atoms with van der Waals surface area (Å²) in [5.74, 6) is 0.721. The average molecular weight is 358 g/mol. The molecule has 5 nitrogen and oxygen atoms in total. The van der Waals surface area contributed by atoms with Gasteiger partial charge in [0.1, 0.15) is 17.2 Å². The van der Waals surface area contributed by atoms with Gasteiger partial charge in [0, 0.05) is 12.5 Å². The minimum absolute atomic E-state index is 0.0290. The fraction of sp³-hybridized carbons (Fsp3) is 0.381. The maximum absolute atomic E-state index is 11.7. The topological polar surface area (TPSA) is 65.0 Å². The van der Waals surface area contributed by atoms with E-state index in [0.29, 0.717) is 17.2 Å². The monoisotopic (exact) mass is 358 g/mol. The predicted octanol–water partition coefficient (Wildman–Crippen LogP) is 4.08. The van der Waals surface area contributed by atoms with Crippen molar-refractivity contribution in [2.45, 2.75) is 38.7 Å². The van der Waals surface area contributed by atoms with Crippen LogP contribution in [0, 0.1) is 0 Å². The summed E-state index contributed by atoms with van der Waals surface area (Å²) in [5, 5.41) is 9.55. The van der Waals surface area contributed by atoms with E-state index in [1.54, 1.807) is 32.4 Å². The molecule has 0 aliphatic carbocycles. The van der Waals surface area contributed by atoms with Crippen LogP contribution in [0.3, 0.4) is 0 Å². The molecule has 1 atom stereocenters. The molecule has 0 aliphatic heterocycles. The van der Waals surface area contributed by atoms with Gasteiger partial charge in [-0.05, 0) is 34.7 Å². The quantitative estimate of drug-likeness (QED) is 0.808. The minimum Gasteiger partial charge on any atom is -0.497 e. The first-order chi connectivity index (χ1) is 12.2. The molecule has 0 amide bonds. The zero-order chi connectivity index (χ0) is 19.3. The molecule has 2 rings (SSSR count). The third kappa shape index (κ3) is 4.91. The highest BCUT2D eigenvalue weighted by molar-refractivity contribution is 5.73. The SMILES string of the molecule is COc1ccc(C[C@@H](Oc2ccc(C(C)(C)C)cc2)C(=O)O)c(OC)c1. The van der Waals surface area contributed by atoms with Crippen molar-refractivity contribution in [3.63, 3.8) is 0 Å². The lowest BCUT2D eigenvalue weighted by molar-refractivity contribution is -0.145. The molecule has 26 heavy (non-hydrogen) atoms. The van der Waals surface area contributed by atoms with Gasteiger partial charge in [0.25, 0.3) is 0 Å². The van der Waals surface area contributed by atoms with Gasteiger partial charge >= 0.3 is 5.97 Å². The minimum atomic E-state index is -1.03. The van der Waals surface area contributed by atoms with Crippen molar-refractivity contribution >= 4 is 5.97 Å². The fourth-order valence-corrected chi connectivity index (χ4v) is 2.60. The van der Waals surface area contributed by atoms with E-state index in [-0.39, 0.29) is 11.8 Å². The maximum atomic E-state index is 11.7. The van der Waals surface area contributed by atoms with E-state index in [2.05, 4.69) is 20.8 Å². The second kappa shape index (κ2) is 8.13. The van der Waals surface area contributed by atoms with Crippen LogP contribution < -0.4 is 14.2 Å². The number of hydrogen-bond acceptors (Lipinski definition) is 4. The van der Waals surface area contributed by atoms with Gasteiger partial charge in [-0.1, -0.05) is 39.0 Å². The van der Waals surface area contributed by atoms with E-state index in [4.69, 9.17) is 14.2 Å². The van der Waals surface area contributed by atoms with Gasteiger partial charge in [-0.25, -0.2) is 4.79 Å². The van der Waals surface area contributed by atoms with Crippen LogP contribution in [0.2, 0.25) is 0 Å². The summed E-state index contributed by atoms with van der Waals surface area (Å²) >= 11 is 0. The number of aliphatic carboxylic acids is 1. The molecule has 140 valence electrons. The number of ether oxygens (including phenoxy) is 3. The van der Waals surface area contributed by atoms with Crippen molar-refractivity contribution in [2.24, 2.45) is 0 Å². The summed E-state index contributed by atoms with van der Waals surface area (Å²) in [4.78, 5) is 11.7. The van der Waals surface area contributed by atoms with Crippen LogP contribution in [-0.2, 0) is 16.6 Å². The largest absolute Gasteiger partial charge is 0.497 e. The molecule has 0 unspecified atom stereocenters. The Morgan fingerprint density at radius 1 is 1.00 bits per heavy atom. The Kier molecular flexibility index (Phi) is 6.14. The van der Waals surface area contributed by atoms with Crippen LogP contribution in [0.1, 0.15) is 31.9 Å². The fourth-order valence-electron chi connectivity index (χ4n) is 2.60. The van der Waals surface area contributed by atoms with Crippen molar-refractivity contribution in [1.82, 2.24) is 0 Å². The summed E-state index contributed by atoms with van der Waals surface area (Å²) in [6, 6.07) is 12.8. The molecule has 0 aliphatic rings. The first-order valence-corrected chi connectivity index (χ1v) is 8.45. The Bertz CT molecular complexity index is 744. The van der Waals surface area contributed by atoms with Gasteiger partial charge in [0.2, 0.25) is 0 Å². The Balaban J connectivity index is 2.18. The molecule has 0 saturated heterocycles. The highest BCUT2D eigenvalue weighted by Gasteiger charge is 2.23. The molecule has 0 heterocycles.